The standard InChI is InChI=1S/C10H15N3O3/c1-10(2,16-3)7-12-8-4-5-9(11-6-8)13(14)15/h4-6,12H,7H2,1-3H3. The number of nitro groups is 1. The van der Waals surface area contributed by atoms with Gasteiger partial charge in [0.1, 0.15) is 0 Å². The number of methoxy groups -OCH3 is 1. The molecule has 16 heavy (non-hydrogen) atoms. The molecule has 1 aromatic heterocycles. The molecule has 0 radical (unpaired) electrons. The summed E-state index contributed by atoms with van der Waals surface area (Å²) in [5, 5.41) is 13.5. The van der Waals surface area contributed by atoms with Crippen LogP contribution in [-0.2, 0) is 4.74 Å². The van der Waals surface area contributed by atoms with Gasteiger partial charge in [-0.05, 0) is 29.8 Å². The average Bonchev–Trinajstić information content (AvgIpc) is 2.27. The quantitative estimate of drug-likeness (QED) is 0.611. The summed E-state index contributed by atoms with van der Waals surface area (Å²) in [6.45, 7) is 4.49. The Labute approximate surface area is 93.8 Å². The van der Waals surface area contributed by atoms with Crippen LogP contribution in [0.4, 0.5) is 11.5 Å². The van der Waals surface area contributed by atoms with Crippen LogP contribution in [0.25, 0.3) is 0 Å². The van der Waals surface area contributed by atoms with Crippen LogP contribution < -0.4 is 5.32 Å². The van der Waals surface area contributed by atoms with E-state index in [-0.39, 0.29) is 11.4 Å². The number of hydrogen-bond acceptors (Lipinski definition) is 5. The van der Waals surface area contributed by atoms with Gasteiger partial charge in [-0.25, -0.2) is 0 Å². The lowest BCUT2D eigenvalue weighted by atomic mass is 10.1. The first-order valence-corrected chi connectivity index (χ1v) is 4.84. The first kappa shape index (κ1) is 12.4. The third-order valence-electron chi connectivity index (χ3n) is 2.21. The fourth-order valence-corrected chi connectivity index (χ4v) is 0.986. The molecule has 6 heteroatoms. The first-order chi connectivity index (χ1) is 7.44. The normalized spacial score (nSPS) is 11.2. The number of anilines is 1. The second kappa shape index (κ2) is 4.89. The van der Waals surface area contributed by atoms with Gasteiger partial charge < -0.3 is 20.2 Å². The zero-order valence-electron chi connectivity index (χ0n) is 9.56. The Morgan fingerprint density at radius 2 is 2.25 bits per heavy atom. The molecule has 0 aromatic carbocycles. The fraction of sp³-hybridized carbons (Fsp3) is 0.500. The lowest BCUT2D eigenvalue weighted by Crippen LogP contribution is -2.32. The molecular weight excluding hydrogens is 210 g/mol. The summed E-state index contributed by atoms with van der Waals surface area (Å²) in [4.78, 5) is 13.6. The van der Waals surface area contributed by atoms with Crippen molar-refractivity contribution in [1.29, 1.82) is 0 Å². The Balaban J connectivity index is 2.59. The van der Waals surface area contributed by atoms with E-state index in [9.17, 15) is 10.1 Å². The summed E-state index contributed by atoms with van der Waals surface area (Å²) in [6.07, 6.45) is 1.43. The van der Waals surface area contributed by atoms with Crippen molar-refractivity contribution in [2.75, 3.05) is 19.0 Å². The van der Waals surface area contributed by atoms with Gasteiger partial charge in [0, 0.05) is 19.7 Å². The maximum Gasteiger partial charge on any atom is 0.363 e. The number of pyridine rings is 1. The molecular formula is C10H15N3O3. The van der Waals surface area contributed by atoms with Crippen molar-refractivity contribution in [3.05, 3.63) is 28.4 Å². The van der Waals surface area contributed by atoms with Gasteiger partial charge in [-0.15, -0.1) is 0 Å². The SMILES string of the molecule is COC(C)(C)CNc1ccc([N+](=O)[O-])nc1. The minimum Gasteiger partial charge on any atom is -0.379 e. The summed E-state index contributed by atoms with van der Waals surface area (Å²) in [6, 6.07) is 2.99. The van der Waals surface area contributed by atoms with E-state index < -0.39 is 4.92 Å². The van der Waals surface area contributed by atoms with Crippen LogP contribution in [0, 0.1) is 10.1 Å². The Morgan fingerprint density at radius 3 is 2.69 bits per heavy atom. The van der Waals surface area contributed by atoms with E-state index in [1.165, 1.54) is 12.3 Å². The number of ether oxygens (including phenoxy) is 1. The van der Waals surface area contributed by atoms with Crippen molar-refractivity contribution < 1.29 is 9.66 Å². The minimum absolute atomic E-state index is 0.156. The summed E-state index contributed by atoms with van der Waals surface area (Å²) in [5.41, 5.74) is 0.442. The summed E-state index contributed by atoms with van der Waals surface area (Å²) in [7, 11) is 1.63. The predicted octanol–water partition coefficient (Wildman–Crippen LogP) is 1.83. The van der Waals surface area contributed by atoms with Gasteiger partial charge in [-0.3, -0.25) is 0 Å². The zero-order valence-corrected chi connectivity index (χ0v) is 9.56. The van der Waals surface area contributed by atoms with E-state index in [1.54, 1.807) is 13.2 Å². The van der Waals surface area contributed by atoms with Gasteiger partial charge in [0.05, 0.1) is 11.3 Å². The van der Waals surface area contributed by atoms with E-state index in [0.717, 1.165) is 5.69 Å². The van der Waals surface area contributed by atoms with Gasteiger partial charge in [-0.2, -0.15) is 0 Å². The highest BCUT2D eigenvalue weighted by atomic mass is 16.6. The predicted molar refractivity (Wildman–Crippen MR) is 60.5 cm³/mol. The van der Waals surface area contributed by atoms with E-state index in [2.05, 4.69) is 10.3 Å². The Morgan fingerprint density at radius 1 is 1.56 bits per heavy atom. The Kier molecular flexibility index (Phi) is 3.78. The summed E-state index contributed by atoms with van der Waals surface area (Å²) in [5.74, 6) is -0.156. The number of rotatable bonds is 5. The van der Waals surface area contributed by atoms with Crippen molar-refractivity contribution in [1.82, 2.24) is 4.98 Å². The molecule has 1 rings (SSSR count). The molecule has 0 fully saturated rings. The lowest BCUT2D eigenvalue weighted by molar-refractivity contribution is -0.389. The van der Waals surface area contributed by atoms with Crippen LogP contribution >= 0.6 is 0 Å². The van der Waals surface area contributed by atoms with Gasteiger partial charge in [0.25, 0.3) is 0 Å². The topological polar surface area (TPSA) is 77.3 Å². The van der Waals surface area contributed by atoms with Gasteiger partial charge in [0.2, 0.25) is 0 Å². The molecule has 1 N–H and O–H groups in total. The number of nitrogens with one attached hydrogen (secondary N) is 1. The third-order valence-corrected chi connectivity index (χ3v) is 2.21. The largest absolute Gasteiger partial charge is 0.379 e. The Bertz CT molecular complexity index is 362. The molecule has 0 spiro atoms. The average molecular weight is 225 g/mol. The van der Waals surface area contributed by atoms with E-state index >= 15 is 0 Å². The third kappa shape index (κ3) is 3.47. The van der Waals surface area contributed by atoms with E-state index in [4.69, 9.17) is 4.74 Å². The highest BCUT2D eigenvalue weighted by molar-refractivity contribution is 5.43. The van der Waals surface area contributed by atoms with Gasteiger partial charge >= 0.3 is 5.82 Å². The lowest BCUT2D eigenvalue weighted by Gasteiger charge is -2.23. The molecule has 0 saturated heterocycles. The number of aromatic nitrogens is 1. The Hall–Kier alpha value is -1.69. The van der Waals surface area contributed by atoms with Gasteiger partial charge in [-0.1, -0.05) is 0 Å². The molecule has 0 aliphatic carbocycles. The number of hydrogen-bond donors (Lipinski definition) is 1. The van der Waals surface area contributed by atoms with Crippen molar-refractivity contribution in [2.24, 2.45) is 0 Å². The molecule has 0 aliphatic rings. The maximum atomic E-state index is 10.4. The highest BCUT2D eigenvalue weighted by Crippen LogP contribution is 2.13. The molecule has 0 atom stereocenters. The van der Waals surface area contributed by atoms with Crippen molar-refractivity contribution in [3.63, 3.8) is 0 Å². The number of nitrogens with zero attached hydrogens (tertiary/aromatic N) is 2. The zero-order chi connectivity index (χ0) is 12.2. The second-order valence-corrected chi connectivity index (χ2v) is 3.98. The molecule has 0 amide bonds. The molecule has 0 aliphatic heterocycles. The molecule has 0 saturated carbocycles. The second-order valence-electron chi connectivity index (χ2n) is 3.98. The van der Waals surface area contributed by atoms with E-state index in [1.807, 2.05) is 13.8 Å². The maximum absolute atomic E-state index is 10.4. The molecule has 0 bridgehead atoms. The smallest absolute Gasteiger partial charge is 0.363 e. The van der Waals surface area contributed by atoms with Crippen LogP contribution in [0.5, 0.6) is 0 Å². The molecule has 0 unspecified atom stereocenters. The van der Waals surface area contributed by atoms with Crippen LogP contribution in [0.15, 0.2) is 18.3 Å². The van der Waals surface area contributed by atoms with Crippen LogP contribution in [-0.4, -0.2) is 29.2 Å². The molecule has 1 aromatic rings. The van der Waals surface area contributed by atoms with Crippen LogP contribution in [0.3, 0.4) is 0 Å². The monoisotopic (exact) mass is 225 g/mol. The molecule has 88 valence electrons. The summed E-state index contributed by atoms with van der Waals surface area (Å²) >= 11 is 0. The van der Waals surface area contributed by atoms with E-state index in [0.29, 0.717) is 6.54 Å². The molecule has 6 nitrogen and oxygen atoms in total. The van der Waals surface area contributed by atoms with Crippen LogP contribution in [0.1, 0.15) is 13.8 Å². The van der Waals surface area contributed by atoms with Crippen molar-refractivity contribution in [2.45, 2.75) is 19.4 Å². The van der Waals surface area contributed by atoms with Crippen molar-refractivity contribution >= 4 is 11.5 Å². The minimum atomic E-state index is -0.525. The fourth-order valence-electron chi connectivity index (χ4n) is 0.986. The highest BCUT2D eigenvalue weighted by Gasteiger charge is 2.16. The van der Waals surface area contributed by atoms with Crippen molar-refractivity contribution in [3.8, 4) is 0 Å². The summed E-state index contributed by atoms with van der Waals surface area (Å²) < 4.78 is 5.23. The molecule has 1 heterocycles. The first-order valence-electron chi connectivity index (χ1n) is 4.84. The van der Waals surface area contributed by atoms with Crippen LogP contribution in [0.2, 0.25) is 0 Å². The van der Waals surface area contributed by atoms with Gasteiger partial charge in [0.15, 0.2) is 6.20 Å².